The number of sulfone groups is 1. The topological polar surface area (TPSA) is 55.4 Å². The van der Waals surface area contributed by atoms with Crippen LogP contribution in [-0.2, 0) is 9.84 Å². The molecule has 0 heterocycles. The molecule has 1 N–H and O–H groups in total. The van der Waals surface area contributed by atoms with E-state index in [0.717, 1.165) is 25.8 Å². The molecule has 118 valence electrons. The fraction of sp³-hybridized carbons (Fsp3) is 0.625. The van der Waals surface area contributed by atoms with E-state index in [9.17, 15) is 8.42 Å². The summed E-state index contributed by atoms with van der Waals surface area (Å²) in [6.45, 7) is 4.96. The summed E-state index contributed by atoms with van der Waals surface area (Å²) in [6, 6.07) is 6.77. The van der Waals surface area contributed by atoms with E-state index in [4.69, 9.17) is 4.74 Å². The number of rotatable bonds is 5. The van der Waals surface area contributed by atoms with Crippen LogP contribution in [0.1, 0.15) is 33.1 Å². The van der Waals surface area contributed by atoms with E-state index in [1.807, 2.05) is 6.92 Å². The van der Waals surface area contributed by atoms with Gasteiger partial charge >= 0.3 is 0 Å². The summed E-state index contributed by atoms with van der Waals surface area (Å²) in [5.74, 6) is 1.13. The zero-order valence-electron chi connectivity index (χ0n) is 13.0. The van der Waals surface area contributed by atoms with E-state index in [2.05, 4.69) is 12.2 Å². The summed E-state index contributed by atoms with van der Waals surface area (Å²) < 4.78 is 31.0. The molecule has 0 aromatic heterocycles. The Hall–Kier alpha value is -1.07. The minimum atomic E-state index is -3.31. The molecule has 1 aliphatic rings. The second-order valence-corrected chi connectivity index (χ2v) is 8.01. The van der Waals surface area contributed by atoms with Gasteiger partial charge < -0.3 is 10.1 Å². The van der Waals surface area contributed by atoms with Gasteiger partial charge in [0.1, 0.15) is 5.75 Å². The van der Waals surface area contributed by atoms with E-state index < -0.39 is 9.84 Å². The Morgan fingerprint density at radius 3 is 2.48 bits per heavy atom. The zero-order chi connectivity index (χ0) is 15.5. The van der Waals surface area contributed by atoms with Crippen LogP contribution >= 0.6 is 0 Å². The average Bonchev–Trinajstić information content (AvgIpc) is 2.49. The maximum atomic E-state index is 12.9. The van der Waals surface area contributed by atoms with Crippen LogP contribution in [0.3, 0.4) is 0 Å². The molecular weight excluding hydrogens is 286 g/mol. The molecule has 1 aliphatic carbocycles. The predicted molar refractivity (Wildman–Crippen MR) is 84.4 cm³/mol. The third-order valence-corrected chi connectivity index (χ3v) is 6.55. The number of hydrogen-bond acceptors (Lipinski definition) is 4. The minimum absolute atomic E-state index is 0.0540. The van der Waals surface area contributed by atoms with Gasteiger partial charge in [-0.25, -0.2) is 8.42 Å². The summed E-state index contributed by atoms with van der Waals surface area (Å²) in [4.78, 5) is 0.394. The second-order valence-electron chi connectivity index (χ2n) is 5.84. The summed E-state index contributed by atoms with van der Waals surface area (Å²) >= 11 is 0. The molecule has 0 saturated heterocycles. The van der Waals surface area contributed by atoms with E-state index in [-0.39, 0.29) is 11.3 Å². The van der Waals surface area contributed by atoms with Crippen molar-refractivity contribution < 1.29 is 13.2 Å². The Morgan fingerprint density at radius 1 is 1.24 bits per heavy atom. The molecule has 1 fully saturated rings. The standard InChI is InChI=1S/C16H25NO3S/c1-4-17-15-10-5-12(2)11-16(15)21(18,19)14-8-6-13(20-3)7-9-14/h6-9,12,15-17H,4-5,10-11H2,1-3H3. The molecule has 0 aliphatic heterocycles. The highest BCUT2D eigenvalue weighted by molar-refractivity contribution is 7.92. The molecule has 0 radical (unpaired) electrons. The monoisotopic (exact) mass is 311 g/mol. The summed E-state index contributed by atoms with van der Waals surface area (Å²) in [5, 5.41) is 3.01. The van der Waals surface area contributed by atoms with Crippen molar-refractivity contribution in [1.82, 2.24) is 5.32 Å². The van der Waals surface area contributed by atoms with Gasteiger partial charge in [-0.2, -0.15) is 0 Å². The van der Waals surface area contributed by atoms with E-state index in [1.165, 1.54) is 0 Å². The molecule has 3 unspecified atom stereocenters. The lowest BCUT2D eigenvalue weighted by atomic mass is 9.87. The SMILES string of the molecule is CCNC1CCC(C)CC1S(=O)(=O)c1ccc(OC)cc1. The third kappa shape index (κ3) is 3.58. The highest BCUT2D eigenvalue weighted by Gasteiger charge is 2.38. The molecule has 5 heteroatoms. The molecule has 1 aromatic carbocycles. The van der Waals surface area contributed by atoms with E-state index in [0.29, 0.717) is 16.6 Å². The number of benzene rings is 1. The highest BCUT2D eigenvalue weighted by atomic mass is 32.2. The number of hydrogen-bond donors (Lipinski definition) is 1. The van der Waals surface area contributed by atoms with Crippen LogP contribution in [0.2, 0.25) is 0 Å². The van der Waals surface area contributed by atoms with Crippen molar-refractivity contribution in [2.75, 3.05) is 13.7 Å². The molecule has 0 bridgehead atoms. The first-order valence-electron chi connectivity index (χ1n) is 7.60. The lowest BCUT2D eigenvalue weighted by molar-refractivity contribution is 0.311. The van der Waals surface area contributed by atoms with Gasteiger partial charge in [-0.15, -0.1) is 0 Å². The normalized spacial score (nSPS) is 26.5. The Labute approximate surface area is 127 Å². The summed E-state index contributed by atoms with van der Waals surface area (Å²) in [5.41, 5.74) is 0. The Kier molecular flexibility index (Phi) is 5.27. The number of methoxy groups -OCH3 is 1. The van der Waals surface area contributed by atoms with Crippen molar-refractivity contribution in [2.24, 2.45) is 5.92 Å². The molecule has 2 rings (SSSR count). The third-order valence-electron chi connectivity index (χ3n) is 4.31. The van der Waals surface area contributed by atoms with Gasteiger partial charge in [0, 0.05) is 6.04 Å². The van der Waals surface area contributed by atoms with Gasteiger partial charge in [-0.05, 0) is 56.0 Å². The van der Waals surface area contributed by atoms with Crippen molar-refractivity contribution in [3.05, 3.63) is 24.3 Å². The Morgan fingerprint density at radius 2 is 1.90 bits per heavy atom. The molecule has 3 atom stereocenters. The number of ether oxygens (including phenoxy) is 1. The number of nitrogens with one attached hydrogen (secondary N) is 1. The summed E-state index contributed by atoms with van der Waals surface area (Å²) in [6.07, 6.45) is 2.74. The fourth-order valence-corrected chi connectivity index (χ4v) is 5.22. The van der Waals surface area contributed by atoms with Crippen LogP contribution in [0.15, 0.2) is 29.2 Å². The zero-order valence-corrected chi connectivity index (χ0v) is 13.8. The summed E-state index contributed by atoms with van der Waals surface area (Å²) in [7, 11) is -1.73. The largest absolute Gasteiger partial charge is 0.497 e. The smallest absolute Gasteiger partial charge is 0.182 e. The lowest BCUT2D eigenvalue weighted by Gasteiger charge is -2.35. The first-order valence-corrected chi connectivity index (χ1v) is 9.15. The van der Waals surface area contributed by atoms with Crippen molar-refractivity contribution in [3.63, 3.8) is 0 Å². The van der Waals surface area contributed by atoms with Crippen LogP contribution in [0.25, 0.3) is 0 Å². The fourth-order valence-electron chi connectivity index (χ4n) is 3.11. The Balaban J connectivity index is 2.29. The van der Waals surface area contributed by atoms with E-state index >= 15 is 0 Å². The van der Waals surface area contributed by atoms with Crippen molar-refractivity contribution in [1.29, 1.82) is 0 Å². The highest BCUT2D eigenvalue weighted by Crippen LogP contribution is 2.32. The molecular formula is C16H25NO3S. The lowest BCUT2D eigenvalue weighted by Crippen LogP contribution is -2.47. The molecule has 0 spiro atoms. The average molecular weight is 311 g/mol. The van der Waals surface area contributed by atoms with Gasteiger partial charge in [0.15, 0.2) is 9.84 Å². The van der Waals surface area contributed by atoms with Gasteiger partial charge in [-0.1, -0.05) is 13.8 Å². The maximum absolute atomic E-state index is 12.9. The molecule has 4 nitrogen and oxygen atoms in total. The minimum Gasteiger partial charge on any atom is -0.497 e. The predicted octanol–water partition coefficient (Wildman–Crippen LogP) is 2.64. The first kappa shape index (κ1) is 16.3. The van der Waals surface area contributed by atoms with Crippen molar-refractivity contribution in [3.8, 4) is 5.75 Å². The van der Waals surface area contributed by atoms with Gasteiger partial charge in [0.2, 0.25) is 0 Å². The molecule has 0 amide bonds. The van der Waals surface area contributed by atoms with Crippen LogP contribution in [0, 0.1) is 5.92 Å². The second kappa shape index (κ2) is 6.79. The van der Waals surface area contributed by atoms with E-state index in [1.54, 1.807) is 31.4 Å². The van der Waals surface area contributed by atoms with Crippen molar-refractivity contribution in [2.45, 2.75) is 49.3 Å². The van der Waals surface area contributed by atoms with Crippen LogP contribution in [0.4, 0.5) is 0 Å². The van der Waals surface area contributed by atoms with Crippen molar-refractivity contribution >= 4 is 9.84 Å². The van der Waals surface area contributed by atoms with Gasteiger partial charge in [0.25, 0.3) is 0 Å². The molecule has 1 aromatic rings. The Bertz CT molecular complexity index is 553. The van der Waals surface area contributed by atoms with Gasteiger partial charge in [-0.3, -0.25) is 0 Å². The van der Waals surface area contributed by atoms with Gasteiger partial charge in [0.05, 0.1) is 17.3 Å². The van der Waals surface area contributed by atoms with Crippen LogP contribution < -0.4 is 10.1 Å². The molecule has 21 heavy (non-hydrogen) atoms. The quantitative estimate of drug-likeness (QED) is 0.908. The van der Waals surface area contributed by atoms with Crippen LogP contribution in [-0.4, -0.2) is 33.4 Å². The maximum Gasteiger partial charge on any atom is 0.182 e. The molecule has 1 saturated carbocycles. The van der Waals surface area contributed by atoms with Crippen LogP contribution in [0.5, 0.6) is 5.75 Å². The first-order chi connectivity index (χ1) is 9.98.